The van der Waals surface area contributed by atoms with E-state index in [4.69, 9.17) is 9.47 Å². The second-order valence-corrected chi connectivity index (χ2v) is 6.82. The Bertz CT molecular complexity index is 618. The second kappa shape index (κ2) is 11.2. The van der Waals surface area contributed by atoms with Crippen molar-refractivity contribution in [3.8, 4) is 0 Å². The lowest BCUT2D eigenvalue weighted by Crippen LogP contribution is -2.55. The molecular formula is C20H30N2O5. The molecule has 0 heterocycles. The minimum atomic E-state index is -0.829. The SMILES string of the molecule is CC[C@H](C)[C@@H](NC(=O)[C@@H](NC(=O)OCc1ccccc1)C(C)C)C(=O)OC. The molecule has 3 atom stereocenters. The van der Waals surface area contributed by atoms with Gasteiger partial charge in [-0.1, -0.05) is 64.4 Å². The van der Waals surface area contributed by atoms with Crippen molar-refractivity contribution in [3.63, 3.8) is 0 Å². The standard InChI is InChI=1S/C20H30N2O5/c1-6-14(4)17(19(24)26-5)21-18(23)16(13(2)3)22-20(25)27-12-15-10-8-7-9-11-15/h7-11,13-14,16-17H,6,12H2,1-5H3,(H,21,23)(H,22,25)/t14-,16-,17+/m0/s1. The number of alkyl carbamates (subject to hydrolysis) is 1. The first-order chi connectivity index (χ1) is 12.8. The third kappa shape index (κ3) is 7.29. The molecule has 0 aromatic heterocycles. The fraction of sp³-hybridized carbons (Fsp3) is 0.550. The predicted octanol–water partition coefficient (Wildman–Crippen LogP) is 2.64. The largest absolute Gasteiger partial charge is 0.467 e. The van der Waals surface area contributed by atoms with Crippen LogP contribution in [0.2, 0.25) is 0 Å². The Labute approximate surface area is 160 Å². The van der Waals surface area contributed by atoms with Gasteiger partial charge in [-0.25, -0.2) is 9.59 Å². The molecule has 2 amide bonds. The molecule has 0 spiro atoms. The summed E-state index contributed by atoms with van der Waals surface area (Å²) in [6.07, 6.45) is 0.00437. The predicted molar refractivity (Wildman–Crippen MR) is 102 cm³/mol. The van der Waals surface area contributed by atoms with E-state index in [1.54, 1.807) is 13.8 Å². The summed E-state index contributed by atoms with van der Waals surface area (Å²) in [5.41, 5.74) is 0.848. The molecule has 0 bridgehead atoms. The maximum atomic E-state index is 12.7. The van der Waals surface area contributed by atoms with Gasteiger partial charge in [-0.2, -0.15) is 0 Å². The summed E-state index contributed by atoms with van der Waals surface area (Å²) in [6, 6.07) is 7.66. The molecule has 0 saturated heterocycles. The number of amides is 2. The van der Waals surface area contributed by atoms with E-state index in [-0.39, 0.29) is 18.4 Å². The van der Waals surface area contributed by atoms with Crippen molar-refractivity contribution >= 4 is 18.0 Å². The molecular weight excluding hydrogens is 348 g/mol. The van der Waals surface area contributed by atoms with Crippen LogP contribution in [-0.4, -0.2) is 37.2 Å². The highest BCUT2D eigenvalue weighted by atomic mass is 16.5. The van der Waals surface area contributed by atoms with Gasteiger partial charge in [0.05, 0.1) is 7.11 Å². The van der Waals surface area contributed by atoms with E-state index in [1.165, 1.54) is 7.11 Å². The quantitative estimate of drug-likeness (QED) is 0.644. The molecule has 1 aromatic carbocycles. The van der Waals surface area contributed by atoms with Crippen molar-refractivity contribution in [1.29, 1.82) is 0 Å². The van der Waals surface area contributed by atoms with Crippen LogP contribution in [0.5, 0.6) is 0 Å². The molecule has 0 aliphatic carbocycles. The monoisotopic (exact) mass is 378 g/mol. The van der Waals surface area contributed by atoms with Gasteiger partial charge in [-0.05, 0) is 17.4 Å². The fourth-order valence-electron chi connectivity index (χ4n) is 2.47. The van der Waals surface area contributed by atoms with Crippen LogP contribution in [0.15, 0.2) is 30.3 Å². The van der Waals surface area contributed by atoms with Crippen LogP contribution in [0.3, 0.4) is 0 Å². The smallest absolute Gasteiger partial charge is 0.408 e. The number of benzene rings is 1. The van der Waals surface area contributed by atoms with Crippen molar-refractivity contribution in [1.82, 2.24) is 10.6 Å². The lowest BCUT2D eigenvalue weighted by molar-refractivity contribution is -0.147. The molecule has 0 aliphatic heterocycles. The molecule has 150 valence electrons. The van der Waals surface area contributed by atoms with Gasteiger partial charge in [0.2, 0.25) is 5.91 Å². The van der Waals surface area contributed by atoms with Crippen LogP contribution in [0, 0.1) is 11.8 Å². The Balaban J connectivity index is 2.71. The van der Waals surface area contributed by atoms with E-state index >= 15 is 0 Å². The number of carbonyl (C=O) groups excluding carboxylic acids is 3. The molecule has 0 fully saturated rings. The molecule has 27 heavy (non-hydrogen) atoms. The third-order valence-corrected chi connectivity index (χ3v) is 4.40. The minimum absolute atomic E-state index is 0.0979. The zero-order chi connectivity index (χ0) is 20.4. The van der Waals surface area contributed by atoms with E-state index < -0.39 is 30.1 Å². The Kier molecular flexibility index (Phi) is 9.33. The number of ether oxygens (including phenoxy) is 2. The van der Waals surface area contributed by atoms with Gasteiger partial charge in [0.25, 0.3) is 0 Å². The summed E-state index contributed by atoms with van der Waals surface area (Å²) < 4.78 is 9.96. The molecule has 2 N–H and O–H groups in total. The lowest BCUT2D eigenvalue weighted by atomic mass is 9.97. The van der Waals surface area contributed by atoms with Crippen LogP contribution in [0.25, 0.3) is 0 Å². The summed E-state index contributed by atoms with van der Waals surface area (Å²) in [6.45, 7) is 7.49. The van der Waals surface area contributed by atoms with E-state index in [0.29, 0.717) is 6.42 Å². The van der Waals surface area contributed by atoms with Crippen LogP contribution >= 0.6 is 0 Å². The van der Waals surface area contributed by atoms with Gasteiger partial charge in [0, 0.05) is 0 Å². The van der Waals surface area contributed by atoms with Crippen molar-refractivity contribution in [2.75, 3.05) is 7.11 Å². The van der Waals surface area contributed by atoms with E-state index in [9.17, 15) is 14.4 Å². The van der Waals surface area contributed by atoms with Gasteiger partial charge in [-0.3, -0.25) is 4.79 Å². The lowest BCUT2D eigenvalue weighted by Gasteiger charge is -2.26. The number of esters is 1. The maximum Gasteiger partial charge on any atom is 0.408 e. The number of methoxy groups -OCH3 is 1. The number of hydrogen-bond donors (Lipinski definition) is 2. The van der Waals surface area contributed by atoms with E-state index in [1.807, 2.05) is 44.2 Å². The third-order valence-electron chi connectivity index (χ3n) is 4.40. The van der Waals surface area contributed by atoms with Crippen molar-refractivity contribution in [2.45, 2.75) is 52.8 Å². The van der Waals surface area contributed by atoms with Gasteiger partial charge < -0.3 is 20.1 Å². The Morgan fingerprint density at radius 2 is 1.63 bits per heavy atom. The van der Waals surface area contributed by atoms with Gasteiger partial charge in [0.1, 0.15) is 18.7 Å². The van der Waals surface area contributed by atoms with E-state index in [0.717, 1.165) is 5.56 Å². The topological polar surface area (TPSA) is 93.7 Å². The first-order valence-electron chi connectivity index (χ1n) is 9.15. The van der Waals surface area contributed by atoms with Gasteiger partial charge in [-0.15, -0.1) is 0 Å². The fourth-order valence-corrected chi connectivity index (χ4v) is 2.47. The van der Waals surface area contributed by atoms with Crippen molar-refractivity contribution < 1.29 is 23.9 Å². The molecule has 0 unspecified atom stereocenters. The summed E-state index contributed by atoms with van der Waals surface area (Å²) in [5, 5.41) is 5.28. The maximum absolute atomic E-state index is 12.7. The average molecular weight is 378 g/mol. The highest BCUT2D eigenvalue weighted by Gasteiger charge is 2.32. The van der Waals surface area contributed by atoms with Crippen molar-refractivity contribution in [2.24, 2.45) is 11.8 Å². The van der Waals surface area contributed by atoms with Crippen LogP contribution in [0.1, 0.15) is 39.7 Å². The van der Waals surface area contributed by atoms with E-state index in [2.05, 4.69) is 10.6 Å². The number of nitrogens with one attached hydrogen (secondary N) is 2. The zero-order valence-electron chi connectivity index (χ0n) is 16.7. The minimum Gasteiger partial charge on any atom is -0.467 e. The molecule has 0 aliphatic rings. The first-order valence-corrected chi connectivity index (χ1v) is 9.15. The summed E-state index contributed by atoms with van der Waals surface area (Å²) in [4.78, 5) is 36.7. The van der Waals surface area contributed by atoms with Crippen molar-refractivity contribution in [3.05, 3.63) is 35.9 Å². The number of rotatable bonds is 9. The average Bonchev–Trinajstić information content (AvgIpc) is 2.67. The van der Waals surface area contributed by atoms with Gasteiger partial charge in [0.15, 0.2) is 0 Å². The Hall–Kier alpha value is -2.57. The van der Waals surface area contributed by atoms with Crippen LogP contribution in [0.4, 0.5) is 4.79 Å². The normalized spacial score (nSPS) is 14.0. The van der Waals surface area contributed by atoms with Crippen LogP contribution < -0.4 is 10.6 Å². The molecule has 1 aromatic rings. The second-order valence-electron chi connectivity index (χ2n) is 6.82. The molecule has 0 radical (unpaired) electrons. The summed E-state index contributed by atoms with van der Waals surface area (Å²) in [7, 11) is 1.28. The van der Waals surface area contributed by atoms with Crippen LogP contribution in [-0.2, 0) is 25.7 Å². The number of carbonyl (C=O) groups is 3. The molecule has 0 saturated carbocycles. The molecule has 7 heteroatoms. The molecule has 7 nitrogen and oxygen atoms in total. The first kappa shape index (κ1) is 22.5. The highest BCUT2D eigenvalue weighted by Crippen LogP contribution is 2.11. The Morgan fingerprint density at radius 1 is 1.00 bits per heavy atom. The van der Waals surface area contributed by atoms with Gasteiger partial charge >= 0.3 is 12.1 Å². The summed E-state index contributed by atoms with van der Waals surface area (Å²) in [5.74, 6) is -1.24. The highest BCUT2D eigenvalue weighted by molar-refractivity contribution is 5.89. The Morgan fingerprint density at radius 3 is 2.15 bits per heavy atom. The molecule has 1 rings (SSSR count). The zero-order valence-corrected chi connectivity index (χ0v) is 16.7. The summed E-state index contributed by atoms with van der Waals surface area (Å²) >= 11 is 0. The number of hydrogen-bond acceptors (Lipinski definition) is 5.